The van der Waals surface area contributed by atoms with E-state index >= 15 is 0 Å². The van der Waals surface area contributed by atoms with Gasteiger partial charge in [-0.05, 0) is 60.4 Å². The highest BCUT2D eigenvalue weighted by Crippen LogP contribution is 2.29. The van der Waals surface area contributed by atoms with Crippen LogP contribution in [0.1, 0.15) is 36.4 Å². The Hall–Kier alpha value is -4.30. The van der Waals surface area contributed by atoms with Gasteiger partial charge >= 0.3 is 0 Å². The van der Waals surface area contributed by atoms with Crippen LogP contribution in [0.2, 0.25) is 0 Å². The van der Waals surface area contributed by atoms with Gasteiger partial charge in [-0.15, -0.1) is 0 Å². The number of anilines is 3. The van der Waals surface area contributed by atoms with Crippen molar-refractivity contribution in [2.24, 2.45) is 5.73 Å². The molecular weight excluding hydrogens is 452 g/mol. The molecule has 0 saturated carbocycles. The Morgan fingerprint density at radius 2 is 1.72 bits per heavy atom. The Morgan fingerprint density at radius 1 is 0.944 bits per heavy atom. The lowest BCUT2D eigenvalue weighted by molar-refractivity contribution is -0.119. The molecule has 1 unspecified atom stereocenters. The third-order valence-corrected chi connectivity index (χ3v) is 6.36. The number of hydrogen-bond acceptors (Lipinski definition) is 6. The minimum atomic E-state index is -0.648. The first-order valence-corrected chi connectivity index (χ1v) is 12.1. The molecule has 1 aromatic heterocycles. The Bertz CT molecular complexity index is 1390. The summed E-state index contributed by atoms with van der Waals surface area (Å²) in [6, 6.07) is 20.1. The Morgan fingerprint density at radius 3 is 2.50 bits per heavy atom. The topological polar surface area (TPSA) is 113 Å². The average molecular weight is 481 g/mol. The van der Waals surface area contributed by atoms with Gasteiger partial charge in [0.1, 0.15) is 6.04 Å². The second-order valence-electron chi connectivity index (χ2n) is 8.79. The second kappa shape index (κ2) is 10.5. The summed E-state index contributed by atoms with van der Waals surface area (Å²) < 4.78 is 0. The summed E-state index contributed by atoms with van der Waals surface area (Å²) in [4.78, 5) is 36.4. The van der Waals surface area contributed by atoms with E-state index in [1.165, 1.54) is 0 Å². The monoisotopic (exact) mass is 480 g/mol. The molecule has 4 N–H and O–H groups in total. The molecule has 3 aromatic carbocycles. The standard InChI is InChI=1S/C28H28N6O2/c29-18-20-16-21(10-12-25(20)34-15-5-4-8-26(34)35)33-28(36)27(19-6-2-1-3-7-19)32-22-9-11-23-24(17-22)31-14-13-30-23/h1-3,6-7,9-14,16-17,27,32H,4-5,8,15,18,29H2,(H,33,36). The molecule has 8 heteroatoms. The van der Waals surface area contributed by atoms with Crippen molar-refractivity contribution in [1.29, 1.82) is 0 Å². The molecule has 36 heavy (non-hydrogen) atoms. The zero-order valence-corrected chi connectivity index (χ0v) is 19.9. The summed E-state index contributed by atoms with van der Waals surface area (Å²) in [5.74, 6) is -0.105. The third kappa shape index (κ3) is 5.04. The van der Waals surface area contributed by atoms with Crippen LogP contribution < -0.4 is 21.3 Å². The number of carbonyl (C=O) groups is 2. The maximum absolute atomic E-state index is 13.5. The predicted octanol–water partition coefficient (Wildman–Crippen LogP) is 4.40. The highest BCUT2D eigenvalue weighted by atomic mass is 16.2. The van der Waals surface area contributed by atoms with Crippen molar-refractivity contribution in [2.75, 3.05) is 22.1 Å². The van der Waals surface area contributed by atoms with E-state index in [1.807, 2.05) is 66.7 Å². The largest absolute Gasteiger partial charge is 0.370 e. The number of carbonyl (C=O) groups excluding carboxylic acids is 2. The van der Waals surface area contributed by atoms with E-state index in [1.54, 1.807) is 17.3 Å². The van der Waals surface area contributed by atoms with Gasteiger partial charge in [0.15, 0.2) is 0 Å². The van der Waals surface area contributed by atoms with Gasteiger partial charge in [-0.25, -0.2) is 0 Å². The maximum Gasteiger partial charge on any atom is 0.251 e. The zero-order chi connectivity index (χ0) is 24.9. The molecule has 1 atom stereocenters. The van der Waals surface area contributed by atoms with Crippen molar-refractivity contribution < 1.29 is 9.59 Å². The first-order chi connectivity index (χ1) is 17.6. The van der Waals surface area contributed by atoms with Crippen LogP contribution in [-0.2, 0) is 16.1 Å². The van der Waals surface area contributed by atoms with Gasteiger partial charge in [-0.2, -0.15) is 0 Å². The van der Waals surface area contributed by atoms with Crippen LogP contribution in [-0.4, -0.2) is 28.3 Å². The maximum atomic E-state index is 13.5. The number of rotatable bonds is 7. The molecule has 182 valence electrons. The van der Waals surface area contributed by atoms with Crippen LogP contribution in [0.15, 0.2) is 79.1 Å². The third-order valence-electron chi connectivity index (χ3n) is 6.36. The molecule has 1 aliphatic rings. The fraction of sp³-hybridized carbons (Fsp3) is 0.214. The van der Waals surface area contributed by atoms with Crippen LogP contribution in [0.4, 0.5) is 17.1 Å². The molecule has 1 fully saturated rings. The number of fused-ring (bicyclic) bond motifs is 1. The van der Waals surface area contributed by atoms with E-state index in [0.717, 1.165) is 46.4 Å². The summed E-state index contributed by atoms with van der Waals surface area (Å²) in [6.45, 7) is 0.953. The normalized spacial score (nSPS) is 14.5. The molecule has 1 saturated heterocycles. The van der Waals surface area contributed by atoms with E-state index < -0.39 is 6.04 Å². The van der Waals surface area contributed by atoms with E-state index in [4.69, 9.17) is 5.73 Å². The molecule has 2 heterocycles. The molecule has 5 rings (SSSR count). The first kappa shape index (κ1) is 23.4. The fourth-order valence-electron chi connectivity index (χ4n) is 4.53. The van der Waals surface area contributed by atoms with Gasteiger partial charge in [-0.1, -0.05) is 30.3 Å². The molecule has 0 bridgehead atoms. The molecular formula is C28H28N6O2. The number of piperidine rings is 1. The number of aromatic nitrogens is 2. The van der Waals surface area contributed by atoms with Crippen LogP contribution in [0.25, 0.3) is 11.0 Å². The number of benzene rings is 3. The van der Waals surface area contributed by atoms with Gasteiger partial charge in [0.2, 0.25) is 5.91 Å². The number of nitrogens with two attached hydrogens (primary N) is 1. The minimum absolute atomic E-state index is 0.112. The van der Waals surface area contributed by atoms with Gasteiger partial charge in [0.25, 0.3) is 5.91 Å². The average Bonchev–Trinajstić information content (AvgIpc) is 2.92. The highest BCUT2D eigenvalue weighted by molar-refractivity contribution is 5.99. The Balaban J connectivity index is 1.40. The van der Waals surface area contributed by atoms with Gasteiger partial charge in [0, 0.05) is 49.0 Å². The van der Waals surface area contributed by atoms with Crippen LogP contribution in [0.3, 0.4) is 0 Å². The summed E-state index contributed by atoms with van der Waals surface area (Å²) >= 11 is 0. The molecule has 0 radical (unpaired) electrons. The summed E-state index contributed by atoms with van der Waals surface area (Å²) in [7, 11) is 0. The van der Waals surface area contributed by atoms with Gasteiger partial charge in [0.05, 0.1) is 11.0 Å². The lowest BCUT2D eigenvalue weighted by atomic mass is 10.0. The van der Waals surface area contributed by atoms with Crippen molar-refractivity contribution in [1.82, 2.24) is 9.97 Å². The van der Waals surface area contributed by atoms with E-state index in [0.29, 0.717) is 18.7 Å². The molecule has 4 aromatic rings. The van der Waals surface area contributed by atoms with Gasteiger partial charge < -0.3 is 21.3 Å². The molecule has 2 amide bonds. The molecule has 1 aliphatic heterocycles. The fourth-order valence-corrected chi connectivity index (χ4v) is 4.53. The predicted molar refractivity (Wildman–Crippen MR) is 142 cm³/mol. The summed E-state index contributed by atoms with van der Waals surface area (Å²) in [5.41, 5.74) is 11.4. The smallest absolute Gasteiger partial charge is 0.251 e. The molecule has 0 aliphatic carbocycles. The Kier molecular flexibility index (Phi) is 6.86. The van der Waals surface area contributed by atoms with Crippen molar-refractivity contribution in [3.05, 3.63) is 90.3 Å². The number of nitrogens with one attached hydrogen (secondary N) is 2. The van der Waals surface area contributed by atoms with Crippen molar-refractivity contribution in [3.63, 3.8) is 0 Å². The van der Waals surface area contributed by atoms with Crippen molar-refractivity contribution >= 4 is 39.9 Å². The van der Waals surface area contributed by atoms with Crippen LogP contribution >= 0.6 is 0 Å². The Labute approximate surface area is 209 Å². The molecule has 0 spiro atoms. The van der Waals surface area contributed by atoms with E-state index in [9.17, 15) is 9.59 Å². The first-order valence-electron chi connectivity index (χ1n) is 12.1. The summed E-state index contributed by atoms with van der Waals surface area (Å²) in [6.07, 6.45) is 5.73. The lowest BCUT2D eigenvalue weighted by Gasteiger charge is -2.29. The number of nitrogens with zero attached hydrogens (tertiary/aromatic N) is 3. The zero-order valence-electron chi connectivity index (χ0n) is 19.9. The number of hydrogen-bond donors (Lipinski definition) is 3. The minimum Gasteiger partial charge on any atom is -0.370 e. The van der Waals surface area contributed by atoms with E-state index in [-0.39, 0.29) is 18.4 Å². The number of amides is 2. The van der Waals surface area contributed by atoms with Crippen LogP contribution in [0, 0.1) is 0 Å². The van der Waals surface area contributed by atoms with Crippen molar-refractivity contribution in [2.45, 2.75) is 31.8 Å². The van der Waals surface area contributed by atoms with Crippen molar-refractivity contribution in [3.8, 4) is 0 Å². The SMILES string of the molecule is NCc1cc(NC(=O)C(Nc2ccc3nccnc3c2)c2ccccc2)ccc1N1CCCCC1=O. The quantitative estimate of drug-likeness (QED) is 0.361. The summed E-state index contributed by atoms with van der Waals surface area (Å²) in [5, 5.41) is 6.37. The molecule has 8 nitrogen and oxygen atoms in total. The second-order valence-corrected chi connectivity index (χ2v) is 8.79. The van der Waals surface area contributed by atoms with Crippen LogP contribution in [0.5, 0.6) is 0 Å². The van der Waals surface area contributed by atoms with E-state index in [2.05, 4.69) is 20.6 Å². The van der Waals surface area contributed by atoms with Gasteiger partial charge in [-0.3, -0.25) is 19.6 Å². The lowest BCUT2D eigenvalue weighted by Crippen LogP contribution is -2.36. The highest BCUT2D eigenvalue weighted by Gasteiger charge is 2.24.